The molecule has 3 heterocycles. The highest BCUT2D eigenvalue weighted by Gasteiger charge is 2.37. The number of fused-ring (bicyclic) bond motifs is 1. The van der Waals surface area contributed by atoms with Crippen molar-refractivity contribution in [2.24, 2.45) is 0 Å². The van der Waals surface area contributed by atoms with E-state index in [0.29, 0.717) is 25.3 Å². The minimum atomic E-state index is -2.97. The van der Waals surface area contributed by atoms with Gasteiger partial charge in [-0.05, 0) is 31.0 Å². The van der Waals surface area contributed by atoms with Crippen LogP contribution in [0.2, 0.25) is 0 Å². The fraction of sp³-hybridized carbons (Fsp3) is 0.579. The largest absolute Gasteiger partial charge is 0.480 e. The van der Waals surface area contributed by atoms with Crippen molar-refractivity contribution >= 4 is 26.4 Å². The molecule has 0 radical (unpaired) electrons. The van der Waals surface area contributed by atoms with Gasteiger partial charge in [0.25, 0.3) is 0 Å². The maximum atomic E-state index is 11.6. The Bertz CT molecular complexity index is 944. The Hall–Kier alpha value is -1.97. The Morgan fingerprint density at radius 2 is 1.86 bits per heavy atom. The highest BCUT2D eigenvalue weighted by molar-refractivity contribution is 7.91. The summed E-state index contributed by atoms with van der Waals surface area (Å²) in [5.74, 6) is 0.745. The second-order valence-electron chi connectivity index (χ2n) is 7.72. The first-order chi connectivity index (χ1) is 13.4. The van der Waals surface area contributed by atoms with Gasteiger partial charge in [0.2, 0.25) is 5.88 Å². The van der Waals surface area contributed by atoms with Gasteiger partial charge in [0, 0.05) is 38.4 Å². The van der Waals surface area contributed by atoms with Crippen LogP contribution in [0, 0.1) is 0 Å². The number of benzene rings is 1. The number of hydrogen-bond donors (Lipinski definition) is 1. The van der Waals surface area contributed by atoms with E-state index in [-0.39, 0.29) is 11.5 Å². The fourth-order valence-corrected chi connectivity index (χ4v) is 5.62. The first-order valence-corrected chi connectivity index (χ1v) is 11.4. The summed E-state index contributed by atoms with van der Waals surface area (Å²) in [7, 11) is -1.36. The standard InChI is InChI=1S/C19H26N4O4S/c1-27-18-16-12-15(2-3-17(16)20-14-21-18)23-8-6-22(7-9-23)13-19(24)4-10-28(25,26)11-5-19/h2-3,12,14,24H,4-11,13H2,1H3. The third-order valence-electron chi connectivity index (χ3n) is 5.79. The van der Waals surface area contributed by atoms with E-state index in [2.05, 4.69) is 31.9 Å². The van der Waals surface area contributed by atoms with Crippen LogP contribution in [0.3, 0.4) is 0 Å². The predicted octanol–water partition coefficient (Wildman–Crippen LogP) is 0.700. The van der Waals surface area contributed by atoms with Gasteiger partial charge in [-0.2, -0.15) is 0 Å². The van der Waals surface area contributed by atoms with E-state index in [4.69, 9.17) is 4.74 Å². The molecular weight excluding hydrogens is 380 g/mol. The maximum absolute atomic E-state index is 11.6. The molecule has 28 heavy (non-hydrogen) atoms. The number of methoxy groups -OCH3 is 1. The van der Waals surface area contributed by atoms with Crippen LogP contribution in [0.15, 0.2) is 24.5 Å². The molecule has 2 aliphatic rings. The summed E-state index contributed by atoms with van der Waals surface area (Å²) >= 11 is 0. The van der Waals surface area contributed by atoms with Gasteiger partial charge in [0.05, 0.1) is 35.1 Å². The van der Waals surface area contributed by atoms with Crippen molar-refractivity contribution in [3.8, 4) is 5.88 Å². The quantitative estimate of drug-likeness (QED) is 0.793. The summed E-state index contributed by atoms with van der Waals surface area (Å²) in [6, 6.07) is 6.10. The molecule has 0 saturated carbocycles. The van der Waals surface area contributed by atoms with Gasteiger partial charge in [-0.1, -0.05) is 0 Å². The van der Waals surface area contributed by atoms with Gasteiger partial charge in [0.1, 0.15) is 6.33 Å². The van der Waals surface area contributed by atoms with Crippen LogP contribution in [0.1, 0.15) is 12.8 Å². The zero-order chi connectivity index (χ0) is 19.8. The summed E-state index contributed by atoms with van der Waals surface area (Å²) in [5.41, 5.74) is 1.06. The van der Waals surface area contributed by atoms with Crippen molar-refractivity contribution in [2.45, 2.75) is 18.4 Å². The zero-order valence-corrected chi connectivity index (χ0v) is 16.9. The van der Waals surface area contributed by atoms with Crippen LogP contribution in [0.5, 0.6) is 5.88 Å². The van der Waals surface area contributed by atoms with Crippen molar-refractivity contribution in [3.63, 3.8) is 0 Å². The van der Waals surface area contributed by atoms with E-state index in [1.807, 2.05) is 6.07 Å². The molecule has 9 heteroatoms. The lowest BCUT2D eigenvalue weighted by atomic mass is 9.96. The normalized spacial score (nSPS) is 22.3. The van der Waals surface area contributed by atoms with Crippen LogP contribution in [-0.4, -0.2) is 85.3 Å². The Labute approximate surface area is 165 Å². The summed E-state index contributed by atoms with van der Waals surface area (Å²) in [6.45, 7) is 3.88. The van der Waals surface area contributed by atoms with E-state index in [9.17, 15) is 13.5 Å². The molecule has 1 aromatic heterocycles. The number of ether oxygens (including phenoxy) is 1. The highest BCUT2D eigenvalue weighted by Crippen LogP contribution is 2.28. The van der Waals surface area contributed by atoms with Crippen LogP contribution >= 0.6 is 0 Å². The molecule has 4 rings (SSSR count). The molecule has 152 valence electrons. The minimum absolute atomic E-state index is 0.0878. The van der Waals surface area contributed by atoms with Crippen LogP contribution < -0.4 is 9.64 Å². The number of sulfone groups is 1. The zero-order valence-electron chi connectivity index (χ0n) is 16.0. The van der Waals surface area contributed by atoms with Gasteiger partial charge in [-0.3, -0.25) is 4.90 Å². The second kappa shape index (κ2) is 7.46. The second-order valence-corrected chi connectivity index (χ2v) is 10.0. The molecule has 0 atom stereocenters. The number of aromatic nitrogens is 2. The van der Waals surface area contributed by atoms with Gasteiger partial charge in [-0.15, -0.1) is 0 Å². The van der Waals surface area contributed by atoms with E-state index < -0.39 is 15.4 Å². The first kappa shape index (κ1) is 19.4. The van der Waals surface area contributed by atoms with E-state index in [1.165, 1.54) is 6.33 Å². The van der Waals surface area contributed by atoms with Crippen molar-refractivity contribution in [3.05, 3.63) is 24.5 Å². The molecule has 2 fully saturated rings. The summed E-state index contributed by atoms with van der Waals surface area (Å²) in [4.78, 5) is 13.0. The average Bonchev–Trinajstić information content (AvgIpc) is 2.70. The summed E-state index contributed by atoms with van der Waals surface area (Å²) < 4.78 is 28.6. The van der Waals surface area contributed by atoms with Crippen LogP contribution in [0.25, 0.3) is 10.9 Å². The predicted molar refractivity (Wildman–Crippen MR) is 108 cm³/mol. The number of anilines is 1. The number of rotatable bonds is 4. The molecular formula is C19H26N4O4S. The maximum Gasteiger partial charge on any atom is 0.224 e. The molecule has 0 amide bonds. The third kappa shape index (κ3) is 4.06. The molecule has 1 aromatic carbocycles. The van der Waals surface area contributed by atoms with E-state index >= 15 is 0 Å². The lowest BCUT2D eigenvalue weighted by Gasteiger charge is -2.41. The van der Waals surface area contributed by atoms with Crippen molar-refractivity contribution in [1.82, 2.24) is 14.9 Å². The van der Waals surface area contributed by atoms with Crippen LogP contribution in [-0.2, 0) is 9.84 Å². The van der Waals surface area contributed by atoms with Gasteiger partial charge in [0.15, 0.2) is 9.84 Å². The summed E-state index contributed by atoms with van der Waals surface area (Å²) in [6.07, 6.45) is 2.17. The molecule has 0 bridgehead atoms. The molecule has 0 spiro atoms. The highest BCUT2D eigenvalue weighted by atomic mass is 32.2. The topological polar surface area (TPSA) is 95.9 Å². The Kier molecular flexibility index (Phi) is 5.15. The smallest absolute Gasteiger partial charge is 0.224 e. The van der Waals surface area contributed by atoms with Crippen molar-refractivity contribution in [2.75, 3.05) is 56.2 Å². The van der Waals surface area contributed by atoms with Gasteiger partial charge in [-0.25, -0.2) is 18.4 Å². The molecule has 1 N–H and O–H groups in total. The Morgan fingerprint density at radius 1 is 1.14 bits per heavy atom. The number of nitrogens with zero attached hydrogens (tertiary/aromatic N) is 4. The monoisotopic (exact) mass is 406 g/mol. The number of β-amino-alcohol motifs (C(OH)–C–C–N with tert-alkyl or cyclic N) is 1. The van der Waals surface area contributed by atoms with Gasteiger partial charge >= 0.3 is 0 Å². The average molecular weight is 407 g/mol. The molecule has 8 nitrogen and oxygen atoms in total. The third-order valence-corrected chi connectivity index (χ3v) is 7.44. The molecule has 0 aliphatic carbocycles. The number of hydrogen-bond acceptors (Lipinski definition) is 8. The minimum Gasteiger partial charge on any atom is -0.480 e. The molecule has 0 unspecified atom stereocenters. The molecule has 2 aliphatic heterocycles. The Balaban J connectivity index is 1.40. The van der Waals surface area contributed by atoms with Crippen molar-refractivity contribution < 1.29 is 18.3 Å². The van der Waals surface area contributed by atoms with Gasteiger partial charge < -0.3 is 14.7 Å². The van der Waals surface area contributed by atoms with E-state index in [0.717, 1.165) is 42.8 Å². The SMILES string of the molecule is COc1ncnc2ccc(N3CCN(CC4(O)CCS(=O)(=O)CC4)CC3)cc12. The summed E-state index contributed by atoms with van der Waals surface area (Å²) in [5, 5.41) is 11.7. The molecule has 2 saturated heterocycles. The number of piperazine rings is 1. The number of aliphatic hydroxyl groups is 1. The first-order valence-electron chi connectivity index (χ1n) is 9.56. The van der Waals surface area contributed by atoms with Crippen molar-refractivity contribution in [1.29, 1.82) is 0 Å². The molecule has 2 aromatic rings. The lowest BCUT2D eigenvalue weighted by Crippen LogP contribution is -2.54. The fourth-order valence-electron chi connectivity index (χ4n) is 4.04. The van der Waals surface area contributed by atoms with Crippen LogP contribution in [0.4, 0.5) is 5.69 Å². The Morgan fingerprint density at radius 3 is 2.54 bits per heavy atom. The lowest BCUT2D eigenvalue weighted by molar-refractivity contribution is -0.00606. The van der Waals surface area contributed by atoms with E-state index in [1.54, 1.807) is 7.11 Å².